The smallest absolute Gasteiger partial charge is 0.262 e. The molecule has 0 heterocycles. The van der Waals surface area contributed by atoms with E-state index in [-0.39, 0.29) is 19.1 Å². The molecule has 5 heteroatoms. The van der Waals surface area contributed by atoms with Crippen LogP contribution in [0.2, 0.25) is 0 Å². The van der Waals surface area contributed by atoms with Crippen molar-refractivity contribution in [2.24, 2.45) is 0 Å². The van der Waals surface area contributed by atoms with Crippen molar-refractivity contribution in [1.82, 2.24) is 0 Å². The first-order chi connectivity index (χ1) is 10.2. The van der Waals surface area contributed by atoms with Gasteiger partial charge in [-0.1, -0.05) is 30.3 Å². The molecule has 2 aromatic rings. The van der Waals surface area contributed by atoms with E-state index in [1.54, 1.807) is 49.6 Å². The van der Waals surface area contributed by atoms with Crippen LogP contribution in [0.4, 0.5) is 5.69 Å². The molecule has 2 aromatic carbocycles. The number of nitrogens with one attached hydrogen (secondary N) is 1. The standard InChI is InChI=1S/C16H17NO4/c1-20-14-8-4-5-9-15(14)21-11-16(19)17-13-7-3-2-6-12(13)10-18/h2-9,18H,10-11H2,1H3,(H,17,19). The average Bonchev–Trinajstić information content (AvgIpc) is 2.53. The van der Waals surface area contributed by atoms with Crippen molar-refractivity contribution < 1.29 is 19.4 Å². The molecule has 0 aliphatic carbocycles. The van der Waals surface area contributed by atoms with Gasteiger partial charge in [0.25, 0.3) is 5.91 Å². The van der Waals surface area contributed by atoms with Gasteiger partial charge < -0.3 is 19.9 Å². The highest BCUT2D eigenvalue weighted by Gasteiger charge is 2.09. The number of rotatable bonds is 6. The molecule has 1 amide bonds. The van der Waals surface area contributed by atoms with Crippen molar-refractivity contribution in [1.29, 1.82) is 0 Å². The van der Waals surface area contributed by atoms with Crippen molar-refractivity contribution >= 4 is 11.6 Å². The number of anilines is 1. The highest BCUT2D eigenvalue weighted by Crippen LogP contribution is 2.25. The molecule has 2 rings (SSSR count). The molecule has 0 radical (unpaired) electrons. The minimum absolute atomic E-state index is 0.135. The fourth-order valence-corrected chi connectivity index (χ4v) is 1.85. The minimum atomic E-state index is -0.304. The van der Waals surface area contributed by atoms with E-state index >= 15 is 0 Å². The molecule has 0 aliphatic heterocycles. The normalized spacial score (nSPS) is 10.0. The number of carbonyl (C=O) groups excluding carboxylic acids is 1. The molecule has 21 heavy (non-hydrogen) atoms. The summed E-state index contributed by atoms with van der Waals surface area (Å²) in [7, 11) is 1.54. The molecule has 0 aliphatic rings. The molecule has 0 aromatic heterocycles. The van der Waals surface area contributed by atoms with Gasteiger partial charge in [0.05, 0.1) is 13.7 Å². The monoisotopic (exact) mass is 287 g/mol. The molecular weight excluding hydrogens is 270 g/mol. The fourth-order valence-electron chi connectivity index (χ4n) is 1.85. The summed E-state index contributed by atoms with van der Waals surface area (Å²) < 4.78 is 10.6. The zero-order chi connectivity index (χ0) is 15.1. The molecule has 2 N–H and O–H groups in total. The number of ether oxygens (including phenoxy) is 2. The summed E-state index contributed by atoms with van der Waals surface area (Å²) in [5, 5.41) is 11.9. The largest absolute Gasteiger partial charge is 0.493 e. The molecule has 0 atom stereocenters. The summed E-state index contributed by atoms with van der Waals surface area (Å²) in [6, 6.07) is 14.2. The van der Waals surface area contributed by atoms with Crippen LogP contribution in [0.15, 0.2) is 48.5 Å². The number of benzene rings is 2. The summed E-state index contributed by atoms with van der Waals surface area (Å²) in [6.45, 7) is -0.274. The van der Waals surface area contributed by atoms with E-state index in [4.69, 9.17) is 9.47 Å². The first-order valence-electron chi connectivity index (χ1n) is 6.49. The van der Waals surface area contributed by atoms with E-state index in [1.165, 1.54) is 0 Å². The van der Waals surface area contributed by atoms with Crippen molar-refractivity contribution in [2.75, 3.05) is 19.0 Å². The first kappa shape index (κ1) is 14.9. The number of hydrogen-bond acceptors (Lipinski definition) is 4. The quantitative estimate of drug-likeness (QED) is 0.854. The fraction of sp³-hybridized carbons (Fsp3) is 0.188. The highest BCUT2D eigenvalue weighted by molar-refractivity contribution is 5.92. The number of carbonyl (C=O) groups is 1. The molecule has 0 saturated carbocycles. The zero-order valence-electron chi connectivity index (χ0n) is 11.7. The molecule has 0 saturated heterocycles. The molecule has 0 spiro atoms. The van der Waals surface area contributed by atoms with Gasteiger partial charge in [-0.25, -0.2) is 0 Å². The van der Waals surface area contributed by atoms with E-state index in [0.29, 0.717) is 22.7 Å². The predicted molar refractivity (Wildman–Crippen MR) is 79.5 cm³/mol. The molecule has 5 nitrogen and oxygen atoms in total. The van der Waals surface area contributed by atoms with Gasteiger partial charge in [0, 0.05) is 11.3 Å². The second-order valence-corrected chi connectivity index (χ2v) is 4.30. The molecule has 0 unspecified atom stereocenters. The van der Waals surface area contributed by atoms with Gasteiger partial charge in [-0.05, 0) is 18.2 Å². The van der Waals surface area contributed by atoms with Crippen molar-refractivity contribution in [3.63, 3.8) is 0 Å². The van der Waals surface area contributed by atoms with E-state index in [0.717, 1.165) is 0 Å². The summed E-state index contributed by atoms with van der Waals surface area (Å²) in [4.78, 5) is 11.9. The molecule has 0 fully saturated rings. The number of aliphatic hydroxyl groups is 1. The van der Waals surface area contributed by atoms with Crippen LogP contribution in [0.1, 0.15) is 5.56 Å². The van der Waals surface area contributed by atoms with Gasteiger partial charge in [-0.2, -0.15) is 0 Å². The second-order valence-electron chi connectivity index (χ2n) is 4.30. The Bertz CT molecular complexity index is 613. The lowest BCUT2D eigenvalue weighted by atomic mass is 10.2. The second kappa shape index (κ2) is 7.31. The van der Waals surface area contributed by atoms with Crippen molar-refractivity contribution in [2.45, 2.75) is 6.61 Å². The Hall–Kier alpha value is -2.53. The molecule has 110 valence electrons. The van der Waals surface area contributed by atoms with E-state index in [9.17, 15) is 9.90 Å². The number of methoxy groups -OCH3 is 1. The Morgan fingerprint density at radius 1 is 1.10 bits per heavy atom. The van der Waals surface area contributed by atoms with E-state index in [2.05, 4.69) is 5.32 Å². The van der Waals surface area contributed by atoms with E-state index < -0.39 is 0 Å². The van der Waals surface area contributed by atoms with Crippen LogP contribution < -0.4 is 14.8 Å². The first-order valence-corrected chi connectivity index (χ1v) is 6.49. The average molecular weight is 287 g/mol. The Balaban J connectivity index is 1.96. The van der Waals surface area contributed by atoms with Crippen LogP contribution in [0.3, 0.4) is 0 Å². The zero-order valence-corrected chi connectivity index (χ0v) is 11.7. The van der Waals surface area contributed by atoms with Gasteiger partial charge >= 0.3 is 0 Å². The third kappa shape index (κ3) is 3.97. The molecule has 0 bridgehead atoms. The lowest BCUT2D eigenvalue weighted by Gasteiger charge is -2.12. The number of para-hydroxylation sites is 3. The maximum Gasteiger partial charge on any atom is 0.262 e. The van der Waals surface area contributed by atoms with Gasteiger partial charge in [0.2, 0.25) is 0 Å². The Morgan fingerprint density at radius 2 is 1.76 bits per heavy atom. The van der Waals surface area contributed by atoms with Gasteiger partial charge in [0.1, 0.15) is 0 Å². The van der Waals surface area contributed by atoms with Crippen molar-refractivity contribution in [3.05, 3.63) is 54.1 Å². The summed E-state index contributed by atoms with van der Waals surface area (Å²) in [5.74, 6) is 0.772. The molecular formula is C16H17NO4. The maximum atomic E-state index is 11.9. The van der Waals surface area contributed by atoms with Crippen LogP contribution in [-0.4, -0.2) is 24.7 Å². The van der Waals surface area contributed by atoms with Crippen LogP contribution >= 0.6 is 0 Å². The third-order valence-electron chi connectivity index (χ3n) is 2.89. The van der Waals surface area contributed by atoms with Gasteiger partial charge in [0.15, 0.2) is 18.1 Å². The topological polar surface area (TPSA) is 67.8 Å². The summed E-state index contributed by atoms with van der Waals surface area (Å²) in [6.07, 6.45) is 0. The van der Waals surface area contributed by atoms with Gasteiger partial charge in [-0.3, -0.25) is 4.79 Å². The summed E-state index contributed by atoms with van der Waals surface area (Å²) >= 11 is 0. The maximum absolute atomic E-state index is 11.9. The lowest BCUT2D eigenvalue weighted by molar-refractivity contribution is -0.118. The van der Waals surface area contributed by atoms with E-state index in [1.807, 2.05) is 6.07 Å². The van der Waals surface area contributed by atoms with Crippen LogP contribution in [0, 0.1) is 0 Å². The van der Waals surface area contributed by atoms with Crippen molar-refractivity contribution in [3.8, 4) is 11.5 Å². The SMILES string of the molecule is COc1ccccc1OCC(=O)Nc1ccccc1CO. The van der Waals surface area contributed by atoms with Crippen LogP contribution in [-0.2, 0) is 11.4 Å². The number of amides is 1. The number of aliphatic hydroxyl groups excluding tert-OH is 1. The summed E-state index contributed by atoms with van der Waals surface area (Å²) in [5.41, 5.74) is 1.23. The Morgan fingerprint density at radius 3 is 2.48 bits per heavy atom. The predicted octanol–water partition coefficient (Wildman–Crippen LogP) is 2.21. The van der Waals surface area contributed by atoms with Crippen LogP contribution in [0.5, 0.6) is 11.5 Å². The Labute approximate surface area is 123 Å². The lowest BCUT2D eigenvalue weighted by Crippen LogP contribution is -2.21. The number of hydrogen-bond donors (Lipinski definition) is 2. The minimum Gasteiger partial charge on any atom is -0.493 e. The highest BCUT2D eigenvalue weighted by atomic mass is 16.5. The Kier molecular flexibility index (Phi) is 5.17. The third-order valence-corrected chi connectivity index (χ3v) is 2.89. The van der Waals surface area contributed by atoms with Gasteiger partial charge in [-0.15, -0.1) is 0 Å². The van der Waals surface area contributed by atoms with Crippen LogP contribution in [0.25, 0.3) is 0 Å².